The van der Waals surface area contributed by atoms with Crippen LogP contribution in [0.2, 0.25) is 5.02 Å². The van der Waals surface area contributed by atoms with Gasteiger partial charge in [-0.15, -0.1) is 0 Å². The lowest BCUT2D eigenvalue weighted by atomic mass is 10.2. The summed E-state index contributed by atoms with van der Waals surface area (Å²) in [6, 6.07) is 0.773. The van der Waals surface area contributed by atoms with Crippen molar-refractivity contribution in [3.8, 4) is 0 Å². The minimum atomic E-state index is -1.30. The van der Waals surface area contributed by atoms with Crippen LogP contribution >= 0.6 is 11.6 Å². The van der Waals surface area contributed by atoms with Crippen LogP contribution in [0.5, 0.6) is 0 Å². The molecule has 0 saturated carbocycles. The highest BCUT2D eigenvalue weighted by molar-refractivity contribution is 6.33. The number of benzene rings is 1. The summed E-state index contributed by atoms with van der Waals surface area (Å²) in [6.07, 6.45) is -0.433. The minimum absolute atomic E-state index is 0.0447. The summed E-state index contributed by atoms with van der Waals surface area (Å²) in [6.45, 7) is 5.81. The summed E-state index contributed by atoms with van der Waals surface area (Å²) >= 11 is 5.83. The number of ether oxygens (including phenoxy) is 2. The number of carbonyl (C=O) groups excluding carboxylic acids is 3. The van der Waals surface area contributed by atoms with E-state index < -0.39 is 47.1 Å². The van der Waals surface area contributed by atoms with Crippen molar-refractivity contribution in [1.82, 2.24) is 5.32 Å². The maximum Gasteiger partial charge on any atom is 0.369 e. The number of esters is 2. The van der Waals surface area contributed by atoms with E-state index in [-0.39, 0.29) is 17.2 Å². The number of anilines is 1. The van der Waals surface area contributed by atoms with Gasteiger partial charge in [0.05, 0.1) is 34.7 Å². The van der Waals surface area contributed by atoms with Crippen LogP contribution in [0.25, 0.3) is 0 Å². The Balaban J connectivity index is 2.98. The van der Waals surface area contributed by atoms with Gasteiger partial charge in [0.1, 0.15) is 5.82 Å². The largest absolute Gasteiger partial charge is 0.461 e. The van der Waals surface area contributed by atoms with Crippen LogP contribution in [0.1, 0.15) is 38.1 Å². The van der Waals surface area contributed by atoms with E-state index >= 15 is 0 Å². The molecule has 1 aromatic rings. The molecular weight excluding hydrogens is 386 g/mol. The Morgan fingerprint density at radius 2 is 1.89 bits per heavy atom. The monoisotopic (exact) mass is 404 g/mol. The molecule has 0 atom stereocenters. The number of hydrogen-bond acceptors (Lipinski definition) is 5. The number of halogens is 3. The maximum atomic E-state index is 14.0. The van der Waals surface area contributed by atoms with Crippen LogP contribution in [0.3, 0.4) is 0 Å². The van der Waals surface area contributed by atoms with Crippen molar-refractivity contribution in [3.63, 3.8) is 0 Å². The molecule has 0 aliphatic rings. The number of hydrogen-bond donors (Lipinski definition) is 2. The average Bonchev–Trinajstić information content (AvgIpc) is 2.55. The fraction of sp³-hybridized carbons (Fsp3) is 0.353. The lowest BCUT2D eigenvalue weighted by Crippen LogP contribution is -2.29. The Kier molecular flexibility index (Phi) is 8.17. The number of urea groups is 1. The van der Waals surface area contributed by atoms with Crippen molar-refractivity contribution in [2.45, 2.75) is 33.8 Å². The zero-order valence-electron chi connectivity index (χ0n) is 15.1. The Morgan fingerprint density at radius 1 is 1.26 bits per heavy atom. The summed E-state index contributed by atoms with van der Waals surface area (Å²) < 4.78 is 37.2. The molecule has 0 saturated heterocycles. The van der Waals surface area contributed by atoms with E-state index in [9.17, 15) is 23.2 Å². The molecule has 10 heteroatoms. The van der Waals surface area contributed by atoms with E-state index in [1.54, 1.807) is 13.8 Å². The lowest BCUT2D eigenvalue weighted by Gasteiger charge is -2.13. The first-order valence-electron chi connectivity index (χ1n) is 7.88. The third-order valence-electron chi connectivity index (χ3n) is 2.95. The van der Waals surface area contributed by atoms with Crippen molar-refractivity contribution >= 4 is 35.3 Å². The van der Waals surface area contributed by atoms with Crippen molar-refractivity contribution in [2.75, 3.05) is 11.9 Å². The first-order chi connectivity index (χ1) is 12.6. The zero-order valence-corrected chi connectivity index (χ0v) is 15.9. The highest BCUT2D eigenvalue weighted by atomic mass is 35.5. The molecule has 0 aliphatic heterocycles. The standard InChI is InChI=1S/C17H19ClF2N2O5/c1-5-26-16(24)14(20)9(4)21-17(25)22-13-6-10(11(18)7-12(13)19)15(23)27-8(2)3/h6-8H,5H2,1-4H3,(H2,21,22,25)/b14-9-. The van der Waals surface area contributed by atoms with Gasteiger partial charge in [0.2, 0.25) is 5.83 Å². The molecule has 2 amide bonds. The normalized spacial score (nSPS) is 11.6. The summed E-state index contributed by atoms with van der Waals surface area (Å²) in [5.41, 5.74) is -0.983. The predicted molar refractivity (Wildman–Crippen MR) is 94.6 cm³/mol. The van der Waals surface area contributed by atoms with Crippen molar-refractivity contribution in [3.05, 3.63) is 40.1 Å². The van der Waals surface area contributed by atoms with E-state index in [0.717, 1.165) is 19.1 Å². The quantitative estimate of drug-likeness (QED) is 0.553. The zero-order chi connectivity index (χ0) is 20.7. The van der Waals surface area contributed by atoms with Gasteiger partial charge < -0.3 is 20.1 Å². The molecule has 1 aromatic carbocycles. The van der Waals surface area contributed by atoms with Crippen LogP contribution in [0.4, 0.5) is 19.3 Å². The Bertz CT molecular complexity index is 781. The lowest BCUT2D eigenvalue weighted by molar-refractivity contribution is -0.140. The Labute approximate surface area is 159 Å². The van der Waals surface area contributed by atoms with Gasteiger partial charge in [0, 0.05) is 0 Å². The number of amides is 2. The second-order valence-electron chi connectivity index (χ2n) is 5.50. The molecule has 0 bridgehead atoms. The molecule has 0 heterocycles. The first-order valence-corrected chi connectivity index (χ1v) is 8.26. The second-order valence-corrected chi connectivity index (χ2v) is 5.91. The summed E-state index contributed by atoms with van der Waals surface area (Å²) in [7, 11) is 0. The molecule has 2 N–H and O–H groups in total. The summed E-state index contributed by atoms with van der Waals surface area (Å²) in [4.78, 5) is 35.1. The van der Waals surface area contributed by atoms with Gasteiger partial charge in [-0.2, -0.15) is 4.39 Å². The molecule has 0 aliphatic carbocycles. The van der Waals surface area contributed by atoms with Crippen LogP contribution in [-0.2, 0) is 14.3 Å². The van der Waals surface area contributed by atoms with Crippen molar-refractivity contribution in [2.24, 2.45) is 0 Å². The summed E-state index contributed by atoms with van der Waals surface area (Å²) in [5, 5.41) is 3.93. The average molecular weight is 405 g/mol. The molecule has 0 radical (unpaired) electrons. The highest BCUT2D eigenvalue weighted by Gasteiger charge is 2.19. The van der Waals surface area contributed by atoms with Gasteiger partial charge in [0.15, 0.2) is 0 Å². The third-order valence-corrected chi connectivity index (χ3v) is 3.27. The van der Waals surface area contributed by atoms with Gasteiger partial charge in [0.25, 0.3) is 0 Å². The Morgan fingerprint density at radius 3 is 2.44 bits per heavy atom. The smallest absolute Gasteiger partial charge is 0.369 e. The molecule has 0 unspecified atom stereocenters. The van der Waals surface area contributed by atoms with E-state index in [1.165, 1.54) is 6.92 Å². The van der Waals surface area contributed by atoms with Crippen LogP contribution < -0.4 is 10.6 Å². The molecule has 148 valence electrons. The first kappa shape index (κ1) is 22.4. The highest BCUT2D eigenvalue weighted by Crippen LogP contribution is 2.25. The van der Waals surface area contributed by atoms with E-state index in [4.69, 9.17) is 16.3 Å². The van der Waals surface area contributed by atoms with Crippen LogP contribution in [-0.4, -0.2) is 30.7 Å². The van der Waals surface area contributed by atoms with Gasteiger partial charge in [-0.1, -0.05) is 11.6 Å². The molecule has 1 rings (SSSR count). The molecule has 0 aromatic heterocycles. The van der Waals surface area contributed by atoms with Crippen LogP contribution in [0, 0.1) is 5.82 Å². The van der Waals surface area contributed by atoms with Gasteiger partial charge >= 0.3 is 18.0 Å². The molecule has 27 heavy (non-hydrogen) atoms. The number of carbonyl (C=O) groups is 3. The van der Waals surface area contributed by atoms with Crippen molar-refractivity contribution < 1.29 is 32.6 Å². The third kappa shape index (κ3) is 6.52. The van der Waals surface area contributed by atoms with E-state index in [1.807, 2.05) is 5.32 Å². The van der Waals surface area contributed by atoms with Gasteiger partial charge in [-0.05, 0) is 39.8 Å². The predicted octanol–water partition coefficient (Wildman–Crippen LogP) is 3.93. The molecule has 0 spiro atoms. The van der Waals surface area contributed by atoms with E-state index in [2.05, 4.69) is 10.1 Å². The van der Waals surface area contributed by atoms with Crippen molar-refractivity contribution in [1.29, 1.82) is 0 Å². The molecule has 0 fully saturated rings. The Hall–Kier alpha value is -2.68. The topological polar surface area (TPSA) is 93.7 Å². The fourth-order valence-electron chi connectivity index (χ4n) is 1.81. The summed E-state index contributed by atoms with van der Waals surface area (Å²) in [5.74, 6) is -4.27. The minimum Gasteiger partial charge on any atom is -0.461 e. The van der Waals surface area contributed by atoms with Crippen LogP contribution in [0.15, 0.2) is 23.7 Å². The fourth-order valence-corrected chi connectivity index (χ4v) is 2.03. The van der Waals surface area contributed by atoms with E-state index in [0.29, 0.717) is 0 Å². The number of allylic oxidation sites excluding steroid dienone is 1. The number of nitrogens with one attached hydrogen (secondary N) is 2. The molecular formula is C17H19ClF2N2O5. The maximum absolute atomic E-state index is 14.0. The SMILES string of the molecule is CCOC(=O)/C(F)=C(\C)NC(=O)Nc1cc(C(=O)OC(C)C)c(Cl)cc1F. The number of rotatable bonds is 6. The van der Waals surface area contributed by atoms with Gasteiger partial charge in [-0.25, -0.2) is 18.8 Å². The molecule has 7 nitrogen and oxygen atoms in total. The van der Waals surface area contributed by atoms with Gasteiger partial charge in [-0.3, -0.25) is 0 Å². The second kappa shape index (κ2) is 9.86.